The van der Waals surface area contributed by atoms with Gasteiger partial charge in [-0.05, 0) is 26.3 Å². The van der Waals surface area contributed by atoms with Crippen LogP contribution in [0.4, 0.5) is 0 Å². The van der Waals surface area contributed by atoms with Gasteiger partial charge in [0.2, 0.25) is 0 Å². The summed E-state index contributed by atoms with van der Waals surface area (Å²) in [6.07, 6.45) is 3.98. The van der Waals surface area contributed by atoms with Gasteiger partial charge in [-0.15, -0.1) is 0 Å². The largest absolute Gasteiger partial charge is 0.409 e. The van der Waals surface area contributed by atoms with E-state index >= 15 is 0 Å². The fourth-order valence-corrected chi connectivity index (χ4v) is 1.20. The molecule has 0 bridgehead atoms. The van der Waals surface area contributed by atoms with E-state index in [1.54, 1.807) is 0 Å². The molecule has 1 unspecified atom stereocenters. The third-order valence-corrected chi connectivity index (χ3v) is 1.95. The van der Waals surface area contributed by atoms with Crippen LogP contribution >= 0.6 is 0 Å². The molecule has 0 saturated carbocycles. The zero-order chi connectivity index (χ0) is 10.1. The van der Waals surface area contributed by atoms with Crippen molar-refractivity contribution in [3.05, 3.63) is 0 Å². The highest BCUT2D eigenvalue weighted by atomic mass is 16.4. The Bertz CT molecular complexity index is 148. The molecule has 78 valence electrons. The zero-order valence-electron chi connectivity index (χ0n) is 8.58. The maximum absolute atomic E-state index is 8.27. The minimum atomic E-state index is 0.310. The molecule has 4 nitrogen and oxygen atoms in total. The van der Waals surface area contributed by atoms with Crippen molar-refractivity contribution in [2.45, 2.75) is 45.6 Å². The summed E-state index contributed by atoms with van der Waals surface area (Å²) < 4.78 is 0. The summed E-state index contributed by atoms with van der Waals surface area (Å²) in [4.78, 5) is 0. The SMILES string of the molecule is CCCC(C)NCCCC(N)=NO. The van der Waals surface area contributed by atoms with Crippen molar-refractivity contribution in [1.29, 1.82) is 0 Å². The van der Waals surface area contributed by atoms with Crippen molar-refractivity contribution in [1.82, 2.24) is 5.32 Å². The molecule has 0 amide bonds. The zero-order valence-corrected chi connectivity index (χ0v) is 8.58. The van der Waals surface area contributed by atoms with Crippen molar-refractivity contribution in [2.75, 3.05) is 6.54 Å². The number of hydrogen-bond acceptors (Lipinski definition) is 3. The molecule has 4 N–H and O–H groups in total. The predicted octanol–water partition coefficient (Wildman–Crippen LogP) is 1.29. The molecule has 0 fully saturated rings. The molecule has 4 heteroatoms. The topological polar surface area (TPSA) is 70.6 Å². The van der Waals surface area contributed by atoms with Gasteiger partial charge in [0.1, 0.15) is 5.84 Å². The van der Waals surface area contributed by atoms with Crippen molar-refractivity contribution in [3.63, 3.8) is 0 Å². The molecule has 0 aromatic rings. The fraction of sp³-hybridized carbons (Fsp3) is 0.889. The summed E-state index contributed by atoms with van der Waals surface area (Å²) in [6, 6.07) is 0.567. The number of nitrogens with one attached hydrogen (secondary N) is 1. The lowest BCUT2D eigenvalue weighted by Gasteiger charge is -2.11. The second-order valence-electron chi connectivity index (χ2n) is 3.34. The molecule has 0 aliphatic rings. The first-order chi connectivity index (χ1) is 6.20. The summed E-state index contributed by atoms with van der Waals surface area (Å²) in [5.41, 5.74) is 5.32. The van der Waals surface area contributed by atoms with Gasteiger partial charge in [-0.1, -0.05) is 18.5 Å². The van der Waals surface area contributed by atoms with E-state index in [1.807, 2.05) is 0 Å². The van der Waals surface area contributed by atoms with Gasteiger partial charge in [-0.25, -0.2) is 0 Å². The second kappa shape index (κ2) is 7.86. The average Bonchev–Trinajstić information content (AvgIpc) is 2.12. The third kappa shape index (κ3) is 7.59. The lowest BCUT2D eigenvalue weighted by molar-refractivity contribution is 0.316. The first-order valence-electron chi connectivity index (χ1n) is 4.90. The van der Waals surface area contributed by atoms with E-state index in [9.17, 15) is 0 Å². The first-order valence-corrected chi connectivity index (χ1v) is 4.90. The fourth-order valence-electron chi connectivity index (χ4n) is 1.20. The molecule has 0 heterocycles. The Morgan fingerprint density at radius 1 is 1.62 bits per heavy atom. The van der Waals surface area contributed by atoms with Crippen LogP contribution in [0.5, 0.6) is 0 Å². The van der Waals surface area contributed by atoms with Gasteiger partial charge in [-0.3, -0.25) is 0 Å². The van der Waals surface area contributed by atoms with E-state index in [0.29, 0.717) is 18.3 Å². The van der Waals surface area contributed by atoms with E-state index in [0.717, 1.165) is 13.0 Å². The van der Waals surface area contributed by atoms with Gasteiger partial charge < -0.3 is 16.3 Å². The lowest BCUT2D eigenvalue weighted by atomic mass is 10.2. The van der Waals surface area contributed by atoms with Gasteiger partial charge in [0.25, 0.3) is 0 Å². The average molecular weight is 187 g/mol. The predicted molar refractivity (Wildman–Crippen MR) is 55.0 cm³/mol. The summed E-state index contributed by atoms with van der Waals surface area (Å²) >= 11 is 0. The molecule has 0 aromatic heterocycles. The van der Waals surface area contributed by atoms with Gasteiger partial charge in [-0.2, -0.15) is 0 Å². The Labute approximate surface area is 80.2 Å². The van der Waals surface area contributed by atoms with E-state index in [-0.39, 0.29) is 0 Å². The van der Waals surface area contributed by atoms with Crippen LogP contribution in [0.3, 0.4) is 0 Å². The maximum atomic E-state index is 8.27. The molecule has 0 radical (unpaired) electrons. The first kappa shape index (κ1) is 12.2. The Morgan fingerprint density at radius 3 is 2.85 bits per heavy atom. The molecule has 0 rings (SSSR count). The quantitative estimate of drug-likeness (QED) is 0.185. The highest BCUT2D eigenvalue weighted by Gasteiger charge is 1.98. The Hall–Kier alpha value is -0.770. The summed E-state index contributed by atoms with van der Waals surface area (Å²) in [6.45, 7) is 5.28. The van der Waals surface area contributed by atoms with Gasteiger partial charge in [0, 0.05) is 12.5 Å². The van der Waals surface area contributed by atoms with Crippen molar-refractivity contribution < 1.29 is 5.21 Å². The molecular formula is C9H21N3O. The van der Waals surface area contributed by atoms with Crippen molar-refractivity contribution >= 4 is 5.84 Å². The minimum Gasteiger partial charge on any atom is -0.409 e. The molecular weight excluding hydrogens is 166 g/mol. The monoisotopic (exact) mass is 187 g/mol. The standard InChI is InChI=1S/C9H21N3O/c1-3-5-8(2)11-7-4-6-9(10)12-13/h8,11,13H,3-7H2,1-2H3,(H2,10,12). The number of nitrogens with two attached hydrogens (primary N) is 1. The third-order valence-electron chi connectivity index (χ3n) is 1.95. The van der Waals surface area contributed by atoms with Crippen LogP contribution in [0.15, 0.2) is 5.16 Å². The molecule has 13 heavy (non-hydrogen) atoms. The van der Waals surface area contributed by atoms with Crippen LogP contribution in [0.1, 0.15) is 39.5 Å². The van der Waals surface area contributed by atoms with E-state index in [2.05, 4.69) is 24.3 Å². The van der Waals surface area contributed by atoms with Crippen LogP contribution < -0.4 is 11.1 Å². The van der Waals surface area contributed by atoms with Crippen LogP contribution in [0.25, 0.3) is 0 Å². The van der Waals surface area contributed by atoms with Crippen LogP contribution in [0.2, 0.25) is 0 Å². The maximum Gasteiger partial charge on any atom is 0.139 e. The van der Waals surface area contributed by atoms with Gasteiger partial charge >= 0.3 is 0 Å². The van der Waals surface area contributed by atoms with Crippen LogP contribution in [-0.2, 0) is 0 Å². The van der Waals surface area contributed by atoms with Crippen molar-refractivity contribution in [2.24, 2.45) is 10.9 Å². The smallest absolute Gasteiger partial charge is 0.139 e. The summed E-state index contributed by atoms with van der Waals surface area (Å²) in [7, 11) is 0. The Balaban J connectivity index is 3.25. The number of nitrogens with zero attached hydrogens (tertiary/aromatic N) is 1. The van der Waals surface area contributed by atoms with E-state index in [1.165, 1.54) is 12.8 Å². The number of rotatable bonds is 7. The molecule has 0 aliphatic heterocycles. The number of oxime groups is 1. The normalized spacial score (nSPS) is 14.5. The summed E-state index contributed by atoms with van der Waals surface area (Å²) in [5, 5.41) is 14.5. The number of hydrogen-bond donors (Lipinski definition) is 3. The van der Waals surface area contributed by atoms with Gasteiger partial charge in [0.15, 0.2) is 0 Å². The molecule has 1 atom stereocenters. The van der Waals surface area contributed by atoms with E-state index in [4.69, 9.17) is 10.9 Å². The van der Waals surface area contributed by atoms with Crippen LogP contribution in [0, 0.1) is 0 Å². The van der Waals surface area contributed by atoms with E-state index < -0.39 is 0 Å². The second-order valence-corrected chi connectivity index (χ2v) is 3.34. The van der Waals surface area contributed by atoms with Crippen LogP contribution in [-0.4, -0.2) is 23.6 Å². The summed E-state index contributed by atoms with van der Waals surface area (Å²) in [5.74, 6) is 0.310. The highest BCUT2D eigenvalue weighted by molar-refractivity contribution is 5.79. The van der Waals surface area contributed by atoms with Crippen molar-refractivity contribution in [3.8, 4) is 0 Å². The molecule has 0 saturated heterocycles. The highest BCUT2D eigenvalue weighted by Crippen LogP contribution is 1.95. The lowest BCUT2D eigenvalue weighted by Crippen LogP contribution is -2.27. The molecule has 0 aromatic carbocycles. The molecule has 0 spiro atoms. The molecule has 0 aliphatic carbocycles. The van der Waals surface area contributed by atoms with Gasteiger partial charge in [0.05, 0.1) is 0 Å². The Morgan fingerprint density at radius 2 is 2.31 bits per heavy atom. The number of amidine groups is 1. The Kier molecular flexibility index (Phi) is 7.39. The minimum absolute atomic E-state index is 0.310.